The zero-order valence-corrected chi connectivity index (χ0v) is 13.5. The predicted octanol–water partition coefficient (Wildman–Crippen LogP) is 4.25. The molecule has 24 heavy (non-hydrogen) atoms. The molecule has 5 heteroatoms. The van der Waals surface area contributed by atoms with Gasteiger partial charge in [0, 0.05) is 28.7 Å². The summed E-state index contributed by atoms with van der Waals surface area (Å²) in [4.78, 5) is 8.92. The molecule has 0 spiro atoms. The molecule has 0 fully saturated rings. The highest BCUT2D eigenvalue weighted by Crippen LogP contribution is 2.25. The van der Waals surface area contributed by atoms with Gasteiger partial charge in [-0.15, -0.1) is 0 Å². The second-order valence-corrected chi connectivity index (χ2v) is 5.93. The molecule has 0 amide bonds. The Bertz CT molecular complexity index is 1050. The number of imidazole rings is 1. The number of nitrogens with zero attached hydrogens (tertiary/aromatic N) is 3. The van der Waals surface area contributed by atoms with Crippen molar-refractivity contribution in [1.82, 2.24) is 14.4 Å². The minimum Gasteiger partial charge on any atom is -0.379 e. The van der Waals surface area contributed by atoms with Crippen molar-refractivity contribution in [3.63, 3.8) is 0 Å². The van der Waals surface area contributed by atoms with Crippen LogP contribution in [-0.4, -0.2) is 14.4 Å². The van der Waals surface area contributed by atoms with Crippen molar-refractivity contribution in [2.45, 2.75) is 20.4 Å². The van der Waals surface area contributed by atoms with Crippen LogP contribution in [-0.2, 0) is 6.54 Å². The molecule has 4 aromatic rings. The zero-order chi connectivity index (χ0) is 16.7. The lowest BCUT2D eigenvalue weighted by Crippen LogP contribution is -2.02. The molecule has 4 rings (SSSR count). The average Bonchev–Trinajstić information content (AvgIpc) is 2.98. The highest BCUT2D eigenvalue weighted by Gasteiger charge is 2.09. The van der Waals surface area contributed by atoms with E-state index in [0.29, 0.717) is 12.1 Å². The molecule has 3 aromatic heterocycles. The third-order valence-corrected chi connectivity index (χ3v) is 4.12. The summed E-state index contributed by atoms with van der Waals surface area (Å²) in [6.45, 7) is 4.48. The SMILES string of the molecule is Cc1cc(NCc2cn3c(C)cccc3n2)c2cccc(F)c2n1. The average molecular weight is 320 g/mol. The molecule has 4 nitrogen and oxygen atoms in total. The number of fused-ring (bicyclic) bond motifs is 2. The molecular formula is C19H17FN4. The Kier molecular flexibility index (Phi) is 3.41. The second-order valence-electron chi connectivity index (χ2n) is 5.93. The number of rotatable bonds is 3. The summed E-state index contributed by atoms with van der Waals surface area (Å²) in [6, 6.07) is 13.0. The Morgan fingerprint density at radius 1 is 1.08 bits per heavy atom. The third kappa shape index (κ3) is 2.48. The summed E-state index contributed by atoms with van der Waals surface area (Å²) in [5, 5.41) is 4.15. The second kappa shape index (κ2) is 5.60. The first kappa shape index (κ1) is 14.6. The number of pyridine rings is 2. The quantitative estimate of drug-likeness (QED) is 0.613. The fourth-order valence-corrected chi connectivity index (χ4v) is 2.96. The molecule has 0 aliphatic carbocycles. The number of anilines is 1. The van der Waals surface area contributed by atoms with Crippen LogP contribution in [0.5, 0.6) is 0 Å². The van der Waals surface area contributed by atoms with Crippen molar-refractivity contribution in [2.75, 3.05) is 5.32 Å². The fourth-order valence-electron chi connectivity index (χ4n) is 2.96. The first-order valence-electron chi connectivity index (χ1n) is 7.85. The van der Waals surface area contributed by atoms with Gasteiger partial charge >= 0.3 is 0 Å². The molecule has 1 N–H and O–H groups in total. The summed E-state index contributed by atoms with van der Waals surface area (Å²) >= 11 is 0. The van der Waals surface area contributed by atoms with E-state index >= 15 is 0 Å². The lowest BCUT2D eigenvalue weighted by molar-refractivity contribution is 0.636. The van der Waals surface area contributed by atoms with Crippen LogP contribution in [0.1, 0.15) is 17.1 Å². The normalized spacial score (nSPS) is 11.3. The van der Waals surface area contributed by atoms with E-state index in [4.69, 9.17) is 0 Å². The van der Waals surface area contributed by atoms with Crippen LogP contribution in [0.25, 0.3) is 16.6 Å². The van der Waals surface area contributed by atoms with Gasteiger partial charge in [-0.3, -0.25) is 0 Å². The zero-order valence-electron chi connectivity index (χ0n) is 13.5. The molecule has 0 aliphatic heterocycles. The Hall–Kier alpha value is -2.95. The summed E-state index contributed by atoms with van der Waals surface area (Å²) in [6.07, 6.45) is 2.02. The van der Waals surface area contributed by atoms with E-state index in [2.05, 4.69) is 19.7 Å². The largest absolute Gasteiger partial charge is 0.379 e. The number of aryl methyl sites for hydroxylation is 2. The van der Waals surface area contributed by atoms with Crippen LogP contribution in [0.15, 0.2) is 48.7 Å². The topological polar surface area (TPSA) is 42.2 Å². The number of aromatic nitrogens is 3. The monoisotopic (exact) mass is 320 g/mol. The summed E-state index contributed by atoms with van der Waals surface area (Å²) in [5.41, 5.74) is 5.04. The lowest BCUT2D eigenvalue weighted by atomic mass is 10.1. The van der Waals surface area contributed by atoms with Crippen LogP contribution in [0.4, 0.5) is 10.1 Å². The maximum atomic E-state index is 14.0. The Morgan fingerprint density at radius 3 is 2.75 bits per heavy atom. The number of hydrogen-bond acceptors (Lipinski definition) is 3. The van der Waals surface area contributed by atoms with Crippen LogP contribution in [0, 0.1) is 19.7 Å². The molecule has 0 saturated heterocycles. The van der Waals surface area contributed by atoms with Crippen molar-refractivity contribution in [3.05, 3.63) is 71.6 Å². The maximum absolute atomic E-state index is 14.0. The first-order chi connectivity index (χ1) is 11.6. The molecule has 0 radical (unpaired) electrons. The first-order valence-corrected chi connectivity index (χ1v) is 7.85. The summed E-state index contributed by atoms with van der Waals surface area (Å²) in [5.74, 6) is -0.303. The summed E-state index contributed by atoms with van der Waals surface area (Å²) in [7, 11) is 0. The summed E-state index contributed by atoms with van der Waals surface area (Å²) < 4.78 is 16.0. The van der Waals surface area contributed by atoms with Crippen LogP contribution in [0.2, 0.25) is 0 Å². The van der Waals surface area contributed by atoms with E-state index in [1.165, 1.54) is 6.07 Å². The van der Waals surface area contributed by atoms with E-state index in [1.54, 1.807) is 6.07 Å². The van der Waals surface area contributed by atoms with Crippen molar-refractivity contribution in [2.24, 2.45) is 0 Å². The Labute approximate surface area is 139 Å². The van der Waals surface area contributed by atoms with Gasteiger partial charge in [0.1, 0.15) is 17.0 Å². The molecule has 0 aliphatic rings. The van der Waals surface area contributed by atoms with Crippen LogP contribution in [0.3, 0.4) is 0 Å². The van der Waals surface area contributed by atoms with Crippen LogP contribution < -0.4 is 5.32 Å². The molecule has 120 valence electrons. The van der Waals surface area contributed by atoms with Gasteiger partial charge in [0.05, 0.1) is 12.2 Å². The minimum absolute atomic E-state index is 0.303. The Balaban J connectivity index is 1.69. The van der Waals surface area contributed by atoms with Gasteiger partial charge in [0.15, 0.2) is 0 Å². The highest BCUT2D eigenvalue weighted by molar-refractivity contribution is 5.91. The van der Waals surface area contributed by atoms with Gasteiger partial charge in [-0.25, -0.2) is 14.4 Å². The van der Waals surface area contributed by atoms with E-state index in [9.17, 15) is 4.39 Å². The van der Waals surface area contributed by atoms with Gasteiger partial charge in [0.25, 0.3) is 0 Å². The van der Waals surface area contributed by atoms with Crippen LogP contribution >= 0.6 is 0 Å². The van der Waals surface area contributed by atoms with E-state index < -0.39 is 0 Å². The van der Waals surface area contributed by atoms with E-state index in [0.717, 1.165) is 33.8 Å². The van der Waals surface area contributed by atoms with Gasteiger partial charge in [0.2, 0.25) is 0 Å². The van der Waals surface area contributed by atoms with Gasteiger partial charge < -0.3 is 9.72 Å². The maximum Gasteiger partial charge on any atom is 0.149 e. The fraction of sp³-hybridized carbons (Fsp3) is 0.158. The number of para-hydroxylation sites is 1. The van der Waals surface area contributed by atoms with Gasteiger partial charge in [-0.1, -0.05) is 18.2 Å². The predicted molar refractivity (Wildman–Crippen MR) is 93.7 cm³/mol. The molecule has 1 aromatic carbocycles. The van der Waals surface area contributed by atoms with E-state index in [1.807, 2.05) is 50.4 Å². The van der Waals surface area contributed by atoms with Crippen molar-refractivity contribution in [3.8, 4) is 0 Å². The van der Waals surface area contributed by atoms with Crippen molar-refractivity contribution in [1.29, 1.82) is 0 Å². The van der Waals surface area contributed by atoms with E-state index in [-0.39, 0.29) is 5.82 Å². The molecule has 0 atom stereocenters. The van der Waals surface area contributed by atoms with Crippen molar-refractivity contribution >= 4 is 22.2 Å². The molecule has 0 saturated carbocycles. The molecule has 3 heterocycles. The van der Waals surface area contributed by atoms with Gasteiger partial charge in [-0.05, 0) is 38.1 Å². The lowest BCUT2D eigenvalue weighted by Gasteiger charge is -2.10. The Morgan fingerprint density at radius 2 is 1.92 bits per heavy atom. The standard InChI is InChI=1S/C19H17FN4/c1-12-9-17(15-6-4-7-16(20)19(15)22-12)21-10-14-11-24-13(2)5-3-8-18(24)23-14/h3-9,11H,10H2,1-2H3,(H,21,22). The molecule has 0 bridgehead atoms. The minimum atomic E-state index is -0.303. The number of benzene rings is 1. The van der Waals surface area contributed by atoms with Gasteiger partial charge in [-0.2, -0.15) is 0 Å². The smallest absolute Gasteiger partial charge is 0.149 e. The molecular weight excluding hydrogens is 303 g/mol. The van der Waals surface area contributed by atoms with Crippen molar-refractivity contribution < 1.29 is 4.39 Å². The number of halogens is 1. The molecule has 0 unspecified atom stereocenters. The highest BCUT2D eigenvalue weighted by atomic mass is 19.1. The number of hydrogen-bond donors (Lipinski definition) is 1. The third-order valence-electron chi connectivity index (χ3n) is 4.12. The number of nitrogens with one attached hydrogen (secondary N) is 1.